The predicted octanol–water partition coefficient (Wildman–Crippen LogP) is 8.38. The van der Waals surface area contributed by atoms with Crippen LogP contribution in [0.4, 0.5) is 0 Å². The molecule has 4 nitrogen and oxygen atoms in total. The summed E-state index contributed by atoms with van der Waals surface area (Å²) in [5, 5.41) is 4.33. The Morgan fingerprint density at radius 1 is 0.947 bits per heavy atom. The summed E-state index contributed by atoms with van der Waals surface area (Å²) in [5.74, 6) is 1.03. The Bertz CT molecular complexity index is 1390. The monoisotopic (exact) mass is 507 g/mol. The Kier molecular flexibility index (Phi) is 7.11. The van der Waals surface area contributed by atoms with Crippen molar-refractivity contribution in [2.45, 2.75) is 70.3 Å². The van der Waals surface area contributed by atoms with Crippen molar-refractivity contribution in [3.8, 4) is 22.5 Å². The molecular weight excluding hydrogens is 470 g/mol. The molecule has 0 aliphatic heterocycles. The zero-order valence-corrected chi connectivity index (χ0v) is 23.1. The highest BCUT2D eigenvalue weighted by molar-refractivity contribution is 5.78. The first kappa shape index (κ1) is 26.1. The molecule has 4 aromatic rings. The second-order valence-corrected chi connectivity index (χ2v) is 11.5. The van der Waals surface area contributed by atoms with Crippen LogP contribution >= 0.6 is 0 Å². The van der Waals surface area contributed by atoms with Crippen molar-refractivity contribution in [1.29, 1.82) is 0 Å². The number of hydrogen-bond acceptors (Lipinski definition) is 4. The van der Waals surface area contributed by atoms with E-state index in [-0.39, 0.29) is 22.7 Å². The molecule has 0 N–H and O–H groups in total. The van der Waals surface area contributed by atoms with Crippen molar-refractivity contribution >= 4 is 5.78 Å². The van der Waals surface area contributed by atoms with Gasteiger partial charge in [0.25, 0.3) is 0 Å². The van der Waals surface area contributed by atoms with Crippen LogP contribution in [-0.2, 0) is 20.4 Å². The largest absolute Gasteiger partial charge is 0.377 e. The number of nitrogens with zero attached hydrogens (tertiary/aromatic N) is 1. The summed E-state index contributed by atoms with van der Waals surface area (Å²) in [5.41, 5.74) is 7.70. The molecule has 1 atom stereocenters. The van der Waals surface area contributed by atoms with E-state index in [1.807, 2.05) is 13.0 Å². The minimum absolute atomic E-state index is 0.0712. The number of ketones is 1. The molecule has 1 unspecified atom stereocenters. The number of methoxy groups -OCH3 is 1. The zero-order chi connectivity index (χ0) is 26.9. The zero-order valence-electron chi connectivity index (χ0n) is 23.1. The first-order valence-electron chi connectivity index (χ1n) is 13.5. The summed E-state index contributed by atoms with van der Waals surface area (Å²) in [6.45, 7) is 8.18. The van der Waals surface area contributed by atoms with Crippen LogP contribution in [0.1, 0.15) is 74.9 Å². The Hall–Kier alpha value is -3.50. The number of Topliss-reactive ketones (excluding diaryl/α,β-unsaturated/α-hetero) is 1. The Morgan fingerprint density at radius 3 is 2.08 bits per heavy atom. The summed E-state index contributed by atoms with van der Waals surface area (Å²) < 4.78 is 11.9. The lowest BCUT2D eigenvalue weighted by Crippen LogP contribution is -2.22. The molecule has 0 saturated heterocycles. The van der Waals surface area contributed by atoms with E-state index in [2.05, 4.69) is 91.8 Å². The third-order valence-corrected chi connectivity index (χ3v) is 8.18. The van der Waals surface area contributed by atoms with E-state index in [4.69, 9.17) is 9.26 Å². The van der Waals surface area contributed by atoms with Crippen LogP contribution in [0, 0.1) is 6.92 Å². The van der Waals surface area contributed by atoms with Gasteiger partial charge < -0.3 is 9.26 Å². The number of hydrogen-bond donors (Lipinski definition) is 0. The Balaban J connectivity index is 1.37. The second-order valence-electron chi connectivity index (χ2n) is 11.5. The van der Waals surface area contributed by atoms with E-state index in [1.54, 1.807) is 14.0 Å². The van der Waals surface area contributed by atoms with E-state index < -0.39 is 0 Å². The van der Waals surface area contributed by atoms with Gasteiger partial charge in [-0.15, -0.1) is 0 Å². The quantitative estimate of drug-likeness (QED) is 0.216. The molecular formula is C34H37NO3. The van der Waals surface area contributed by atoms with Gasteiger partial charge in [-0.05, 0) is 60.8 Å². The van der Waals surface area contributed by atoms with Gasteiger partial charge in [-0.25, -0.2) is 0 Å². The maximum atomic E-state index is 11.7. The van der Waals surface area contributed by atoms with Gasteiger partial charge in [-0.1, -0.05) is 97.9 Å². The Labute approximate surface area is 226 Å². The van der Waals surface area contributed by atoms with E-state index in [9.17, 15) is 4.79 Å². The number of carbonyl (C=O) groups is 1. The predicted molar refractivity (Wildman–Crippen MR) is 152 cm³/mol. The van der Waals surface area contributed by atoms with Crippen molar-refractivity contribution in [3.63, 3.8) is 0 Å². The van der Waals surface area contributed by atoms with E-state index >= 15 is 0 Å². The summed E-state index contributed by atoms with van der Waals surface area (Å²) in [6.07, 6.45) is 3.50. The molecule has 0 spiro atoms. The molecule has 1 fully saturated rings. The lowest BCUT2D eigenvalue weighted by molar-refractivity contribution is -0.117. The highest BCUT2D eigenvalue weighted by Crippen LogP contribution is 2.51. The van der Waals surface area contributed by atoms with Crippen molar-refractivity contribution in [1.82, 2.24) is 5.16 Å². The molecule has 1 saturated carbocycles. The van der Waals surface area contributed by atoms with Crippen LogP contribution in [0.2, 0.25) is 0 Å². The maximum absolute atomic E-state index is 11.7. The van der Waals surface area contributed by atoms with E-state index in [0.29, 0.717) is 6.42 Å². The lowest BCUT2D eigenvalue weighted by Gasteiger charge is -2.30. The van der Waals surface area contributed by atoms with Gasteiger partial charge >= 0.3 is 0 Å². The molecule has 1 aromatic heterocycles. The van der Waals surface area contributed by atoms with Crippen molar-refractivity contribution in [2.24, 2.45) is 0 Å². The molecule has 196 valence electrons. The highest BCUT2D eigenvalue weighted by atomic mass is 16.5. The third-order valence-electron chi connectivity index (χ3n) is 8.18. The van der Waals surface area contributed by atoms with Crippen LogP contribution < -0.4 is 0 Å². The number of carbonyl (C=O) groups excluding carboxylic acids is 1. The van der Waals surface area contributed by atoms with Crippen LogP contribution in [0.5, 0.6) is 0 Å². The molecule has 1 heterocycles. The van der Waals surface area contributed by atoms with Gasteiger partial charge in [0.2, 0.25) is 0 Å². The smallest absolute Gasteiger partial charge is 0.172 e. The highest BCUT2D eigenvalue weighted by Gasteiger charge is 2.44. The third kappa shape index (κ3) is 5.23. The van der Waals surface area contributed by atoms with Crippen molar-refractivity contribution in [3.05, 3.63) is 101 Å². The molecule has 3 aromatic carbocycles. The molecule has 1 aliphatic rings. The van der Waals surface area contributed by atoms with Crippen molar-refractivity contribution in [2.75, 3.05) is 7.11 Å². The molecule has 0 radical (unpaired) electrons. The number of rotatable bonds is 10. The second kappa shape index (κ2) is 10.3. The first-order chi connectivity index (χ1) is 18.2. The van der Waals surface area contributed by atoms with E-state index in [1.165, 1.54) is 11.1 Å². The summed E-state index contributed by atoms with van der Waals surface area (Å²) >= 11 is 0. The Morgan fingerprint density at radius 2 is 1.53 bits per heavy atom. The van der Waals surface area contributed by atoms with Crippen LogP contribution in [0.3, 0.4) is 0 Å². The topological polar surface area (TPSA) is 52.3 Å². The average molecular weight is 508 g/mol. The summed E-state index contributed by atoms with van der Waals surface area (Å²) in [6, 6.07) is 27.7. The van der Waals surface area contributed by atoms with Crippen LogP contribution in [-0.4, -0.2) is 18.0 Å². The van der Waals surface area contributed by atoms with Gasteiger partial charge in [0.1, 0.15) is 5.78 Å². The normalized spacial score (nSPS) is 15.3. The fourth-order valence-corrected chi connectivity index (χ4v) is 5.76. The fraction of sp³-hybridized carbons (Fsp3) is 0.353. The van der Waals surface area contributed by atoms with Crippen LogP contribution in [0.25, 0.3) is 22.5 Å². The summed E-state index contributed by atoms with van der Waals surface area (Å²) in [4.78, 5) is 11.7. The number of ether oxygens (including phenoxy) is 1. The lowest BCUT2D eigenvalue weighted by atomic mass is 9.78. The van der Waals surface area contributed by atoms with Gasteiger partial charge in [0, 0.05) is 24.5 Å². The maximum Gasteiger partial charge on any atom is 0.172 e. The summed E-state index contributed by atoms with van der Waals surface area (Å²) in [7, 11) is 1.76. The number of aromatic nitrogens is 1. The first-order valence-corrected chi connectivity index (χ1v) is 13.5. The molecule has 0 bridgehead atoms. The molecule has 5 rings (SSSR count). The molecule has 4 heteroatoms. The van der Waals surface area contributed by atoms with Crippen LogP contribution in [0.15, 0.2) is 83.4 Å². The minimum Gasteiger partial charge on any atom is -0.377 e. The van der Waals surface area contributed by atoms with Gasteiger partial charge in [0.15, 0.2) is 5.76 Å². The fourth-order valence-electron chi connectivity index (χ4n) is 5.76. The number of benzene rings is 3. The minimum atomic E-state index is -0.150. The molecule has 38 heavy (non-hydrogen) atoms. The average Bonchev–Trinajstić information content (AvgIpc) is 3.60. The van der Waals surface area contributed by atoms with E-state index in [0.717, 1.165) is 53.0 Å². The standard InChI is InChI=1S/C34H37NO3/c1-23(36)21-34(19-20-34)29-17-15-26(16-18-29)25-11-13-27(14-12-25)32-31(24(2)35-38-32)30(37-5)22-33(3,4)28-9-7-6-8-10-28/h6-18,30H,19-22H2,1-5H3. The molecule has 1 aliphatic carbocycles. The van der Waals surface area contributed by atoms with Crippen molar-refractivity contribution < 1.29 is 14.1 Å². The number of aryl methyl sites for hydroxylation is 1. The van der Waals surface area contributed by atoms with Gasteiger partial charge in [-0.3, -0.25) is 4.79 Å². The SMILES string of the molecule is COC(CC(C)(C)c1ccccc1)c1c(C)noc1-c1ccc(-c2ccc(C3(CC(C)=O)CC3)cc2)cc1. The molecule has 0 amide bonds. The van der Waals surface area contributed by atoms with Gasteiger partial charge in [0.05, 0.1) is 17.4 Å². The van der Waals surface area contributed by atoms with Gasteiger partial charge in [-0.2, -0.15) is 0 Å².